The summed E-state index contributed by atoms with van der Waals surface area (Å²) in [6, 6.07) is 5.18. The van der Waals surface area contributed by atoms with Crippen LogP contribution in [0.2, 0.25) is 10.0 Å². The van der Waals surface area contributed by atoms with Gasteiger partial charge in [0.2, 0.25) is 0 Å². The number of benzene rings is 1. The van der Waals surface area contributed by atoms with Crippen molar-refractivity contribution in [2.75, 3.05) is 55.8 Å². The van der Waals surface area contributed by atoms with Crippen molar-refractivity contribution in [1.82, 2.24) is 14.9 Å². The summed E-state index contributed by atoms with van der Waals surface area (Å²) in [6.45, 7) is 5.10. The number of ether oxygens (including phenoxy) is 1. The van der Waals surface area contributed by atoms with E-state index >= 15 is 0 Å². The topological polar surface area (TPSA) is 88.3 Å². The summed E-state index contributed by atoms with van der Waals surface area (Å²) in [4.78, 5) is 10.7. The summed E-state index contributed by atoms with van der Waals surface area (Å²) in [5.41, 5.74) is 7.29. The largest absolute Gasteiger partial charge is 0.393 e. The highest BCUT2D eigenvalue weighted by molar-refractivity contribution is 6.36. The van der Waals surface area contributed by atoms with Gasteiger partial charge < -0.3 is 21.1 Å². The van der Waals surface area contributed by atoms with E-state index in [2.05, 4.69) is 25.5 Å². The van der Waals surface area contributed by atoms with Gasteiger partial charge in [-0.3, -0.25) is 4.90 Å². The molecule has 1 fully saturated rings. The summed E-state index contributed by atoms with van der Waals surface area (Å²) in [5, 5.41) is 7.43. The Hall–Kier alpha value is -1.80. The van der Waals surface area contributed by atoms with Crippen molar-refractivity contribution in [2.45, 2.75) is 0 Å². The number of nitrogens with one attached hydrogen (secondary N) is 2. The van der Waals surface area contributed by atoms with Crippen LogP contribution in [0.15, 0.2) is 24.5 Å². The molecule has 1 aromatic carbocycles. The molecule has 0 atom stereocenters. The molecule has 0 bridgehead atoms. The molecule has 1 aliphatic rings. The third-order valence-corrected chi connectivity index (χ3v) is 4.44. The average Bonchev–Trinajstić information content (AvgIpc) is 2.61. The minimum atomic E-state index is 0.440. The van der Waals surface area contributed by atoms with Gasteiger partial charge in [-0.2, -0.15) is 0 Å². The van der Waals surface area contributed by atoms with Crippen molar-refractivity contribution in [3.8, 4) is 0 Å². The number of halogens is 2. The van der Waals surface area contributed by atoms with E-state index in [1.54, 1.807) is 18.2 Å². The number of nitrogens with two attached hydrogens (primary N) is 1. The predicted octanol–water partition coefficient (Wildman–Crippen LogP) is 2.85. The van der Waals surface area contributed by atoms with Crippen LogP contribution in [0, 0.1) is 0 Å². The Morgan fingerprint density at radius 1 is 1.16 bits per heavy atom. The smallest absolute Gasteiger partial charge is 0.159 e. The Morgan fingerprint density at radius 2 is 1.92 bits per heavy atom. The minimum Gasteiger partial charge on any atom is -0.393 e. The van der Waals surface area contributed by atoms with Gasteiger partial charge in [-0.05, 0) is 18.2 Å². The van der Waals surface area contributed by atoms with Gasteiger partial charge in [0.15, 0.2) is 11.6 Å². The molecule has 0 saturated carbocycles. The van der Waals surface area contributed by atoms with Gasteiger partial charge in [-0.25, -0.2) is 9.97 Å². The summed E-state index contributed by atoms with van der Waals surface area (Å²) in [7, 11) is 0. The van der Waals surface area contributed by atoms with Crippen LogP contribution in [0.25, 0.3) is 0 Å². The van der Waals surface area contributed by atoms with E-state index in [4.69, 9.17) is 33.7 Å². The third kappa shape index (κ3) is 4.85. The van der Waals surface area contributed by atoms with Crippen LogP contribution >= 0.6 is 23.2 Å². The van der Waals surface area contributed by atoms with Gasteiger partial charge in [0.25, 0.3) is 0 Å². The number of nitrogen functional groups attached to an aromatic ring is 1. The number of aromatic nitrogens is 2. The fourth-order valence-corrected chi connectivity index (χ4v) is 2.97. The maximum absolute atomic E-state index is 6.18. The van der Waals surface area contributed by atoms with Crippen LogP contribution in [0.5, 0.6) is 0 Å². The van der Waals surface area contributed by atoms with E-state index in [9.17, 15) is 0 Å². The summed E-state index contributed by atoms with van der Waals surface area (Å²) >= 11 is 12.1. The monoisotopic (exact) mass is 382 g/mol. The highest BCUT2D eigenvalue weighted by Crippen LogP contribution is 2.31. The van der Waals surface area contributed by atoms with Gasteiger partial charge in [-0.15, -0.1) is 0 Å². The Bertz CT molecular complexity index is 724. The molecule has 0 unspecified atom stereocenters. The first-order valence-electron chi connectivity index (χ1n) is 8.00. The van der Waals surface area contributed by atoms with Crippen molar-refractivity contribution in [3.63, 3.8) is 0 Å². The second-order valence-corrected chi connectivity index (χ2v) is 6.46. The Labute approximate surface area is 156 Å². The van der Waals surface area contributed by atoms with Crippen molar-refractivity contribution < 1.29 is 4.74 Å². The van der Waals surface area contributed by atoms with E-state index in [0.29, 0.717) is 33.1 Å². The van der Waals surface area contributed by atoms with Gasteiger partial charge in [0.1, 0.15) is 12.0 Å². The van der Waals surface area contributed by atoms with Crippen molar-refractivity contribution in [3.05, 3.63) is 34.6 Å². The summed E-state index contributed by atoms with van der Waals surface area (Å²) < 4.78 is 5.34. The maximum Gasteiger partial charge on any atom is 0.159 e. The molecule has 1 aliphatic heterocycles. The van der Waals surface area contributed by atoms with Gasteiger partial charge in [0, 0.05) is 31.2 Å². The number of anilines is 4. The zero-order chi connectivity index (χ0) is 17.6. The molecule has 134 valence electrons. The summed E-state index contributed by atoms with van der Waals surface area (Å²) in [5.74, 6) is 1.09. The maximum atomic E-state index is 6.18. The fourth-order valence-electron chi connectivity index (χ4n) is 2.51. The first-order valence-corrected chi connectivity index (χ1v) is 8.75. The van der Waals surface area contributed by atoms with Crippen LogP contribution in [-0.4, -0.2) is 54.3 Å². The van der Waals surface area contributed by atoms with Crippen LogP contribution < -0.4 is 16.4 Å². The molecule has 0 amide bonds. The number of morpholine rings is 1. The molecule has 1 saturated heterocycles. The lowest BCUT2D eigenvalue weighted by Crippen LogP contribution is -2.39. The lowest BCUT2D eigenvalue weighted by atomic mass is 10.3. The molecule has 2 aromatic rings. The molecule has 2 heterocycles. The molecular formula is C16H20Cl2N6O. The van der Waals surface area contributed by atoms with Gasteiger partial charge in [0.05, 0.1) is 23.9 Å². The van der Waals surface area contributed by atoms with Crippen LogP contribution in [0.1, 0.15) is 0 Å². The third-order valence-electron chi connectivity index (χ3n) is 3.89. The molecule has 0 spiro atoms. The fraction of sp³-hybridized carbons (Fsp3) is 0.375. The highest BCUT2D eigenvalue weighted by Gasteiger charge is 2.12. The Balaban J connectivity index is 1.63. The summed E-state index contributed by atoms with van der Waals surface area (Å²) in [6.07, 6.45) is 1.46. The SMILES string of the molecule is Nc1c(NCCN2CCOCC2)ncnc1Nc1ccc(Cl)cc1Cl. The Kier molecular flexibility index (Phi) is 6.14. The molecule has 0 aliphatic carbocycles. The van der Waals surface area contributed by atoms with Gasteiger partial charge in [-0.1, -0.05) is 23.2 Å². The quantitative estimate of drug-likeness (QED) is 0.707. The zero-order valence-corrected chi connectivity index (χ0v) is 15.1. The minimum absolute atomic E-state index is 0.440. The lowest BCUT2D eigenvalue weighted by molar-refractivity contribution is 0.0398. The molecule has 1 aromatic heterocycles. The standard InChI is InChI=1S/C16H20Cl2N6O/c17-11-1-2-13(12(18)9-11)23-16-14(19)15(21-10-22-16)20-3-4-24-5-7-25-8-6-24/h1-2,9-10H,3-8,19H2,(H2,20,21,22,23). The second-order valence-electron chi connectivity index (χ2n) is 5.61. The molecule has 3 rings (SSSR count). The zero-order valence-electron chi connectivity index (χ0n) is 13.6. The van der Waals surface area contributed by atoms with Crippen molar-refractivity contribution in [2.24, 2.45) is 0 Å². The number of nitrogens with zero attached hydrogens (tertiary/aromatic N) is 3. The number of rotatable bonds is 6. The van der Waals surface area contributed by atoms with Crippen LogP contribution in [0.3, 0.4) is 0 Å². The van der Waals surface area contributed by atoms with Crippen LogP contribution in [-0.2, 0) is 4.74 Å². The predicted molar refractivity (Wildman–Crippen MR) is 102 cm³/mol. The second kappa shape index (κ2) is 8.53. The number of hydrogen-bond donors (Lipinski definition) is 3. The van der Waals surface area contributed by atoms with E-state index in [-0.39, 0.29) is 0 Å². The van der Waals surface area contributed by atoms with E-state index in [0.717, 1.165) is 39.4 Å². The molecule has 25 heavy (non-hydrogen) atoms. The highest BCUT2D eigenvalue weighted by atomic mass is 35.5. The molecule has 7 nitrogen and oxygen atoms in total. The normalized spacial score (nSPS) is 15.1. The molecular weight excluding hydrogens is 363 g/mol. The van der Waals surface area contributed by atoms with Crippen LogP contribution in [0.4, 0.5) is 23.0 Å². The first-order chi connectivity index (χ1) is 12.1. The lowest BCUT2D eigenvalue weighted by Gasteiger charge is -2.26. The van der Waals surface area contributed by atoms with E-state index in [1.165, 1.54) is 6.33 Å². The molecule has 0 radical (unpaired) electrons. The Morgan fingerprint density at radius 3 is 2.68 bits per heavy atom. The van der Waals surface area contributed by atoms with Gasteiger partial charge >= 0.3 is 0 Å². The van der Waals surface area contributed by atoms with E-state index < -0.39 is 0 Å². The average molecular weight is 383 g/mol. The molecule has 4 N–H and O–H groups in total. The van der Waals surface area contributed by atoms with Crippen molar-refractivity contribution >= 4 is 46.2 Å². The molecule has 9 heteroatoms. The van der Waals surface area contributed by atoms with Crippen molar-refractivity contribution in [1.29, 1.82) is 0 Å². The van der Waals surface area contributed by atoms with E-state index in [1.807, 2.05) is 0 Å². The number of hydrogen-bond acceptors (Lipinski definition) is 7. The first kappa shape index (κ1) is 18.0.